The van der Waals surface area contributed by atoms with Gasteiger partial charge in [-0.25, -0.2) is 13.6 Å². The normalized spacial score (nSPS) is 19.8. The first kappa shape index (κ1) is 20.4. The molecular formula is C21H21F2N3O3. The van der Waals surface area contributed by atoms with Gasteiger partial charge in [-0.2, -0.15) is 0 Å². The maximum absolute atomic E-state index is 13.3. The maximum atomic E-state index is 13.3. The third kappa shape index (κ3) is 3.96. The van der Waals surface area contributed by atoms with Gasteiger partial charge in [0.1, 0.15) is 23.7 Å². The van der Waals surface area contributed by atoms with Crippen LogP contribution < -0.4 is 10.6 Å². The topological polar surface area (TPSA) is 78.5 Å². The number of hydrogen-bond donors (Lipinski definition) is 2. The number of carbonyl (C=O) groups is 3. The van der Waals surface area contributed by atoms with Crippen LogP contribution in [0.5, 0.6) is 0 Å². The van der Waals surface area contributed by atoms with Gasteiger partial charge >= 0.3 is 6.03 Å². The van der Waals surface area contributed by atoms with Crippen LogP contribution in [0.25, 0.3) is 0 Å². The zero-order chi connectivity index (χ0) is 21.2. The van der Waals surface area contributed by atoms with Gasteiger partial charge in [-0.05, 0) is 48.7 Å². The summed E-state index contributed by atoms with van der Waals surface area (Å²) < 4.78 is 26.3. The van der Waals surface area contributed by atoms with Crippen LogP contribution in [0.3, 0.4) is 0 Å². The number of carbonyl (C=O) groups excluding carboxylic acids is 3. The lowest BCUT2D eigenvalue weighted by atomic mass is 9.87. The fourth-order valence-corrected chi connectivity index (χ4v) is 3.41. The molecule has 1 heterocycles. The number of amides is 4. The predicted molar refractivity (Wildman–Crippen MR) is 102 cm³/mol. The van der Waals surface area contributed by atoms with Crippen molar-refractivity contribution in [3.8, 4) is 0 Å². The first-order valence-corrected chi connectivity index (χ1v) is 9.22. The quantitative estimate of drug-likeness (QED) is 0.731. The third-order valence-electron chi connectivity index (χ3n) is 5.09. The van der Waals surface area contributed by atoms with Crippen LogP contribution in [-0.4, -0.2) is 29.3 Å². The SMILES string of the molecule is CCC1(c2ccc(F)cc2)NC(=O)N(CC(=O)NC(C)c2ccc(F)cc2)C1=O. The number of benzene rings is 2. The molecule has 6 nitrogen and oxygen atoms in total. The zero-order valence-electron chi connectivity index (χ0n) is 16.0. The van der Waals surface area contributed by atoms with E-state index in [0.29, 0.717) is 11.1 Å². The van der Waals surface area contributed by atoms with Gasteiger partial charge in [0, 0.05) is 0 Å². The van der Waals surface area contributed by atoms with E-state index in [9.17, 15) is 23.2 Å². The van der Waals surface area contributed by atoms with E-state index in [1.54, 1.807) is 26.0 Å². The molecule has 0 saturated carbocycles. The molecule has 2 N–H and O–H groups in total. The Morgan fingerprint density at radius 1 is 1.07 bits per heavy atom. The van der Waals surface area contributed by atoms with Crippen LogP contribution in [0.1, 0.15) is 37.4 Å². The van der Waals surface area contributed by atoms with Gasteiger partial charge in [-0.1, -0.05) is 31.2 Å². The molecule has 29 heavy (non-hydrogen) atoms. The summed E-state index contributed by atoms with van der Waals surface area (Å²) >= 11 is 0. The van der Waals surface area contributed by atoms with E-state index < -0.39 is 41.8 Å². The number of urea groups is 1. The summed E-state index contributed by atoms with van der Waals surface area (Å²) in [5, 5.41) is 5.33. The van der Waals surface area contributed by atoms with Crippen LogP contribution in [0.15, 0.2) is 48.5 Å². The molecule has 0 aromatic heterocycles. The summed E-state index contributed by atoms with van der Waals surface area (Å²) in [5.74, 6) is -1.94. The van der Waals surface area contributed by atoms with E-state index in [-0.39, 0.29) is 12.2 Å². The summed E-state index contributed by atoms with van der Waals surface area (Å²) in [6.07, 6.45) is 0.243. The molecule has 2 aromatic carbocycles. The first-order chi connectivity index (χ1) is 13.8. The Morgan fingerprint density at radius 2 is 1.62 bits per heavy atom. The standard InChI is InChI=1S/C21H21F2N3O3/c1-3-21(15-6-10-17(23)11-7-15)19(28)26(20(29)25-21)12-18(27)24-13(2)14-4-8-16(22)9-5-14/h4-11,13H,3,12H2,1-2H3,(H,24,27)(H,25,29). The van der Waals surface area contributed by atoms with Crippen molar-refractivity contribution in [2.45, 2.75) is 31.8 Å². The van der Waals surface area contributed by atoms with E-state index in [4.69, 9.17) is 0 Å². The predicted octanol–water partition coefficient (Wildman–Crippen LogP) is 3.00. The molecule has 2 unspecified atom stereocenters. The van der Waals surface area contributed by atoms with Gasteiger partial charge in [0.2, 0.25) is 5.91 Å². The molecule has 1 saturated heterocycles. The lowest BCUT2D eigenvalue weighted by Crippen LogP contribution is -2.45. The Balaban J connectivity index is 1.73. The minimum Gasteiger partial charge on any atom is -0.348 e. The molecule has 2 atom stereocenters. The van der Waals surface area contributed by atoms with Crippen molar-refractivity contribution in [2.24, 2.45) is 0 Å². The smallest absolute Gasteiger partial charge is 0.325 e. The highest BCUT2D eigenvalue weighted by Crippen LogP contribution is 2.32. The Bertz CT molecular complexity index is 931. The molecule has 0 bridgehead atoms. The average Bonchev–Trinajstić information content (AvgIpc) is 2.94. The van der Waals surface area contributed by atoms with Crippen LogP contribution >= 0.6 is 0 Å². The van der Waals surface area contributed by atoms with Crippen LogP contribution in [-0.2, 0) is 15.1 Å². The molecule has 152 valence electrons. The monoisotopic (exact) mass is 401 g/mol. The summed E-state index contributed by atoms with van der Waals surface area (Å²) in [5.41, 5.74) is -0.207. The largest absolute Gasteiger partial charge is 0.348 e. The van der Waals surface area contributed by atoms with Crippen molar-refractivity contribution in [3.05, 3.63) is 71.3 Å². The van der Waals surface area contributed by atoms with Crippen molar-refractivity contribution in [2.75, 3.05) is 6.54 Å². The van der Waals surface area contributed by atoms with Crippen molar-refractivity contribution >= 4 is 17.8 Å². The van der Waals surface area contributed by atoms with Gasteiger partial charge in [0.25, 0.3) is 5.91 Å². The Kier molecular flexibility index (Phi) is 5.63. The molecule has 1 aliphatic heterocycles. The van der Waals surface area contributed by atoms with Gasteiger partial charge in [-0.15, -0.1) is 0 Å². The maximum Gasteiger partial charge on any atom is 0.325 e. The molecule has 1 fully saturated rings. The molecular weight excluding hydrogens is 380 g/mol. The molecule has 3 rings (SSSR count). The number of halogens is 2. The van der Waals surface area contributed by atoms with Crippen molar-refractivity contribution in [1.82, 2.24) is 15.5 Å². The van der Waals surface area contributed by atoms with Crippen LogP contribution in [0, 0.1) is 11.6 Å². The van der Waals surface area contributed by atoms with Crippen molar-refractivity contribution in [3.63, 3.8) is 0 Å². The van der Waals surface area contributed by atoms with Gasteiger partial charge in [0.05, 0.1) is 6.04 Å². The fraction of sp³-hybridized carbons (Fsp3) is 0.286. The zero-order valence-corrected chi connectivity index (χ0v) is 16.0. The van der Waals surface area contributed by atoms with Crippen LogP contribution in [0.4, 0.5) is 13.6 Å². The first-order valence-electron chi connectivity index (χ1n) is 9.22. The lowest BCUT2D eigenvalue weighted by molar-refractivity contribution is -0.135. The summed E-state index contributed by atoms with van der Waals surface area (Å²) in [6, 6.07) is 9.85. The minimum atomic E-state index is -1.34. The lowest BCUT2D eigenvalue weighted by Gasteiger charge is -2.25. The average molecular weight is 401 g/mol. The van der Waals surface area contributed by atoms with E-state index in [1.165, 1.54) is 36.4 Å². The second kappa shape index (κ2) is 7.98. The Morgan fingerprint density at radius 3 is 2.17 bits per heavy atom. The summed E-state index contributed by atoms with van der Waals surface area (Å²) in [6.45, 7) is 2.98. The Labute approximate surface area is 166 Å². The molecule has 0 radical (unpaired) electrons. The van der Waals surface area contributed by atoms with Crippen LogP contribution in [0.2, 0.25) is 0 Å². The number of hydrogen-bond acceptors (Lipinski definition) is 3. The number of imide groups is 1. The number of nitrogens with one attached hydrogen (secondary N) is 2. The molecule has 8 heteroatoms. The highest BCUT2D eigenvalue weighted by atomic mass is 19.1. The van der Waals surface area contributed by atoms with Crippen molar-refractivity contribution in [1.29, 1.82) is 0 Å². The van der Waals surface area contributed by atoms with Gasteiger partial charge in [0.15, 0.2) is 0 Å². The molecule has 4 amide bonds. The molecule has 0 aliphatic carbocycles. The van der Waals surface area contributed by atoms with Gasteiger partial charge in [-0.3, -0.25) is 14.5 Å². The van der Waals surface area contributed by atoms with E-state index in [1.807, 2.05) is 0 Å². The minimum absolute atomic E-state index is 0.243. The summed E-state index contributed by atoms with van der Waals surface area (Å²) in [7, 11) is 0. The highest BCUT2D eigenvalue weighted by Gasteiger charge is 2.51. The van der Waals surface area contributed by atoms with Crippen molar-refractivity contribution < 1.29 is 23.2 Å². The van der Waals surface area contributed by atoms with Gasteiger partial charge < -0.3 is 10.6 Å². The summed E-state index contributed by atoms with van der Waals surface area (Å²) in [4.78, 5) is 38.7. The van der Waals surface area contributed by atoms with E-state index >= 15 is 0 Å². The molecule has 2 aromatic rings. The second-order valence-corrected chi connectivity index (χ2v) is 6.93. The van der Waals surface area contributed by atoms with E-state index in [2.05, 4.69) is 10.6 Å². The number of nitrogens with zero attached hydrogens (tertiary/aromatic N) is 1. The molecule has 0 spiro atoms. The highest BCUT2D eigenvalue weighted by molar-refractivity contribution is 6.09. The molecule has 1 aliphatic rings. The van der Waals surface area contributed by atoms with E-state index in [0.717, 1.165) is 4.90 Å². The number of rotatable bonds is 6. The Hall–Kier alpha value is -3.29. The third-order valence-corrected chi connectivity index (χ3v) is 5.09. The fourth-order valence-electron chi connectivity index (χ4n) is 3.41. The second-order valence-electron chi connectivity index (χ2n) is 6.93.